The molecule has 248 valence electrons. The number of benzene rings is 2. The first-order chi connectivity index (χ1) is 23.1. The van der Waals surface area contributed by atoms with Crippen molar-refractivity contribution >= 4 is 58.4 Å². The minimum atomic E-state index is -0.655. The van der Waals surface area contributed by atoms with Crippen LogP contribution in [0, 0.1) is 16.6 Å². The van der Waals surface area contributed by atoms with Crippen molar-refractivity contribution < 1.29 is 14.0 Å². The van der Waals surface area contributed by atoms with Crippen molar-refractivity contribution in [2.45, 2.75) is 19.3 Å². The molecule has 5 N–H and O–H groups in total. The van der Waals surface area contributed by atoms with E-state index in [9.17, 15) is 14.0 Å². The van der Waals surface area contributed by atoms with Gasteiger partial charge in [0.25, 0.3) is 0 Å². The summed E-state index contributed by atoms with van der Waals surface area (Å²) in [5, 5.41) is 8.80. The zero-order valence-corrected chi connectivity index (χ0v) is 27.4. The Labute approximate surface area is 283 Å². The topological polar surface area (TPSA) is 157 Å². The average molecular weight is 670 g/mol. The maximum atomic E-state index is 14.6. The highest BCUT2D eigenvalue weighted by atomic mass is 35.5. The van der Waals surface area contributed by atoms with Gasteiger partial charge in [0.2, 0.25) is 11.8 Å². The summed E-state index contributed by atoms with van der Waals surface area (Å²) in [6, 6.07) is 15.2. The fraction of sp³-hybridized carbons (Fsp3) is 0.314. The Morgan fingerprint density at radius 3 is 2.60 bits per heavy atom. The Morgan fingerprint density at radius 1 is 1.12 bits per heavy atom. The van der Waals surface area contributed by atoms with Gasteiger partial charge in [-0.05, 0) is 67.3 Å². The predicted octanol–water partition coefficient (Wildman–Crippen LogP) is 3.98. The molecule has 1 aromatic heterocycles. The number of amidine groups is 1. The van der Waals surface area contributed by atoms with Crippen LogP contribution in [-0.2, 0) is 9.59 Å². The van der Waals surface area contributed by atoms with Crippen molar-refractivity contribution in [3.05, 3.63) is 93.9 Å². The molecule has 0 bridgehead atoms. The number of nitrogens with one attached hydrogen (secondary N) is 1. The van der Waals surface area contributed by atoms with Crippen LogP contribution in [0.25, 0.3) is 5.57 Å². The fourth-order valence-electron chi connectivity index (χ4n) is 6.64. The number of pyridine rings is 1. The molecule has 1 spiro atoms. The van der Waals surface area contributed by atoms with Gasteiger partial charge in [0.1, 0.15) is 29.5 Å². The first-order valence-electron chi connectivity index (χ1n) is 15.8. The molecular weight excluding hydrogens is 633 g/mol. The van der Waals surface area contributed by atoms with Crippen LogP contribution in [0.2, 0.25) is 5.02 Å². The summed E-state index contributed by atoms with van der Waals surface area (Å²) in [6.07, 6.45) is 5.52. The van der Waals surface area contributed by atoms with Crippen LogP contribution in [0.1, 0.15) is 41.6 Å². The van der Waals surface area contributed by atoms with Crippen LogP contribution in [-0.4, -0.2) is 90.8 Å². The molecule has 2 amide bonds. The molecular formula is C35H37ClFN9O2. The molecule has 2 fully saturated rings. The maximum Gasteiger partial charge on any atom is 0.237 e. The number of aliphatic imine (C=N–C) groups is 2. The van der Waals surface area contributed by atoms with Gasteiger partial charge in [-0.3, -0.25) is 29.8 Å². The number of nitrogens with zero attached hydrogens (tertiary/aromatic N) is 6. The lowest BCUT2D eigenvalue weighted by atomic mass is 9.85. The van der Waals surface area contributed by atoms with Crippen LogP contribution in [0.3, 0.4) is 0 Å². The Bertz CT molecular complexity index is 1860. The van der Waals surface area contributed by atoms with Gasteiger partial charge in [-0.1, -0.05) is 41.9 Å². The molecule has 3 aliphatic rings. The van der Waals surface area contributed by atoms with Crippen molar-refractivity contribution in [1.29, 1.82) is 5.41 Å². The highest BCUT2D eigenvalue weighted by molar-refractivity contribution is 6.30. The number of hydrogen-bond donors (Lipinski definition) is 3. The molecule has 13 heteroatoms. The Hall–Kier alpha value is -4.94. The van der Waals surface area contributed by atoms with E-state index in [-0.39, 0.29) is 46.0 Å². The lowest BCUT2D eigenvalue weighted by molar-refractivity contribution is -0.132. The SMILES string of the molecule is CN=CN=C(N)c1ccc(C2=CCN(C(=O)CN3CC[C@]4(CCN(c5ccc(N)c(C(=N)c6ccc(Cl)cc6F)n5)C4=O)C3)CC2)cc1. The van der Waals surface area contributed by atoms with Crippen LogP contribution in [0.15, 0.2) is 70.7 Å². The van der Waals surface area contributed by atoms with Crippen LogP contribution in [0.4, 0.5) is 15.9 Å². The Kier molecular flexibility index (Phi) is 9.38. The van der Waals surface area contributed by atoms with Gasteiger partial charge >= 0.3 is 0 Å². The molecule has 1 atom stereocenters. The lowest BCUT2D eigenvalue weighted by Crippen LogP contribution is -2.43. The molecule has 0 aliphatic carbocycles. The minimum absolute atomic E-state index is 0.0144. The monoisotopic (exact) mass is 669 g/mol. The van der Waals surface area contributed by atoms with Crippen molar-refractivity contribution in [3.8, 4) is 0 Å². The van der Waals surface area contributed by atoms with E-state index < -0.39 is 11.2 Å². The summed E-state index contributed by atoms with van der Waals surface area (Å²) in [5.74, 6) is 0.0888. The molecule has 0 unspecified atom stereocenters. The van der Waals surface area contributed by atoms with Crippen LogP contribution >= 0.6 is 11.6 Å². The van der Waals surface area contributed by atoms with Crippen molar-refractivity contribution in [2.75, 3.05) is 56.9 Å². The molecule has 11 nitrogen and oxygen atoms in total. The standard InChI is InChI=1S/C35H37ClFN9O2/c1-41-21-42-33(40)24-4-2-22(3-5-24)23-10-14-45(15-11-23)30(47)19-44-16-12-35(20-44)13-17-46(34(35)48)29-9-8-28(38)32(43-29)31(39)26-7-6-25(36)18-27(26)37/h2-10,18,21,39H,11-17,19-20,38H2,1H3,(H2,40,41,42)/t35-/m0/s1. The van der Waals surface area contributed by atoms with Crippen molar-refractivity contribution in [2.24, 2.45) is 21.1 Å². The number of amides is 2. The van der Waals surface area contributed by atoms with Gasteiger partial charge < -0.3 is 16.4 Å². The second kappa shape index (κ2) is 13.7. The largest absolute Gasteiger partial charge is 0.397 e. The molecule has 4 heterocycles. The first-order valence-corrected chi connectivity index (χ1v) is 16.1. The van der Waals surface area contributed by atoms with Gasteiger partial charge in [0.15, 0.2) is 0 Å². The number of nitrogens with two attached hydrogens (primary N) is 2. The highest BCUT2D eigenvalue weighted by Crippen LogP contribution is 2.42. The number of anilines is 2. The lowest BCUT2D eigenvalue weighted by Gasteiger charge is -2.29. The molecule has 6 rings (SSSR count). The molecule has 3 aliphatic heterocycles. The number of carbonyl (C=O) groups excluding carboxylic acids is 2. The van der Waals surface area contributed by atoms with Crippen LogP contribution in [0.5, 0.6) is 0 Å². The number of aromatic nitrogens is 1. The second-order valence-corrected chi connectivity index (χ2v) is 12.8. The average Bonchev–Trinajstić information content (AvgIpc) is 3.65. The minimum Gasteiger partial charge on any atom is -0.397 e. The third-order valence-electron chi connectivity index (χ3n) is 9.36. The second-order valence-electron chi connectivity index (χ2n) is 12.3. The third-order valence-corrected chi connectivity index (χ3v) is 9.59. The first kappa shape index (κ1) is 33.0. The summed E-state index contributed by atoms with van der Waals surface area (Å²) >= 11 is 5.88. The van der Waals surface area contributed by atoms with E-state index in [1.54, 1.807) is 24.1 Å². The summed E-state index contributed by atoms with van der Waals surface area (Å²) in [4.78, 5) is 45.2. The fourth-order valence-corrected chi connectivity index (χ4v) is 6.80. The van der Waals surface area contributed by atoms with Gasteiger partial charge in [-0.2, -0.15) is 0 Å². The predicted molar refractivity (Wildman–Crippen MR) is 187 cm³/mol. The van der Waals surface area contributed by atoms with Gasteiger partial charge in [0.05, 0.1) is 23.4 Å². The van der Waals surface area contributed by atoms with Crippen molar-refractivity contribution in [3.63, 3.8) is 0 Å². The zero-order chi connectivity index (χ0) is 34.0. The van der Waals surface area contributed by atoms with E-state index >= 15 is 0 Å². The van der Waals surface area contributed by atoms with Crippen LogP contribution < -0.4 is 16.4 Å². The van der Waals surface area contributed by atoms with E-state index in [0.717, 1.165) is 23.6 Å². The van der Waals surface area contributed by atoms with E-state index in [2.05, 4.69) is 25.9 Å². The Balaban J connectivity index is 1.06. The molecule has 0 saturated carbocycles. The summed E-state index contributed by atoms with van der Waals surface area (Å²) in [6.45, 7) is 2.98. The van der Waals surface area contributed by atoms with E-state index in [1.807, 2.05) is 29.2 Å². The highest BCUT2D eigenvalue weighted by Gasteiger charge is 2.51. The summed E-state index contributed by atoms with van der Waals surface area (Å²) in [7, 11) is 1.64. The van der Waals surface area contributed by atoms with Crippen molar-refractivity contribution in [1.82, 2.24) is 14.8 Å². The van der Waals surface area contributed by atoms with E-state index in [4.69, 9.17) is 28.5 Å². The third kappa shape index (κ3) is 6.58. The molecule has 2 aromatic carbocycles. The number of likely N-dealkylation sites (tertiary alicyclic amines) is 1. The molecule has 3 aromatic rings. The maximum absolute atomic E-state index is 14.6. The normalized spacial score (nSPS) is 20.3. The molecule has 2 saturated heterocycles. The smallest absolute Gasteiger partial charge is 0.237 e. The number of nitrogen functional groups attached to an aromatic ring is 1. The van der Waals surface area contributed by atoms with Gasteiger partial charge in [0, 0.05) is 49.4 Å². The number of rotatable bonds is 8. The Morgan fingerprint density at radius 2 is 1.90 bits per heavy atom. The van der Waals surface area contributed by atoms with E-state index in [0.29, 0.717) is 57.2 Å². The quantitative estimate of drug-likeness (QED) is 0.243. The number of carbonyl (C=O) groups is 2. The number of hydrogen-bond acceptors (Lipinski definition) is 7. The zero-order valence-electron chi connectivity index (χ0n) is 26.6. The van der Waals surface area contributed by atoms with Gasteiger partial charge in [-0.15, -0.1) is 0 Å². The number of halogens is 2. The van der Waals surface area contributed by atoms with E-state index in [1.165, 1.54) is 24.0 Å². The molecule has 48 heavy (non-hydrogen) atoms. The van der Waals surface area contributed by atoms with Gasteiger partial charge in [-0.25, -0.2) is 14.4 Å². The summed E-state index contributed by atoms with van der Waals surface area (Å²) < 4.78 is 14.6. The summed E-state index contributed by atoms with van der Waals surface area (Å²) in [5.41, 5.74) is 14.7. The molecule has 0 radical (unpaired) electrons.